The molecule has 1 saturated carbocycles. The Hall–Kier alpha value is -0.0800. The highest BCUT2D eigenvalue weighted by molar-refractivity contribution is 4.89. The first-order valence-corrected chi connectivity index (χ1v) is 5.21. The summed E-state index contributed by atoms with van der Waals surface area (Å²) in [6.45, 7) is 2.55. The van der Waals surface area contributed by atoms with E-state index in [9.17, 15) is 0 Å². The predicted molar refractivity (Wildman–Crippen MR) is 50.9 cm³/mol. The van der Waals surface area contributed by atoms with Gasteiger partial charge >= 0.3 is 0 Å². The summed E-state index contributed by atoms with van der Waals surface area (Å²) in [7, 11) is 2.23. The molecule has 0 spiro atoms. The normalized spacial score (nSPS) is 44.0. The van der Waals surface area contributed by atoms with Gasteiger partial charge in [-0.15, -0.1) is 0 Å². The van der Waals surface area contributed by atoms with Gasteiger partial charge in [0.05, 0.1) is 0 Å². The van der Waals surface area contributed by atoms with Crippen LogP contribution in [-0.4, -0.2) is 31.1 Å². The number of nitrogens with zero attached hydrogens (tertiary/aromatic N) is 1. The van der Waals surface area contributed by atoms with Gasteiger partial charge in [0.25, 0.3) is 0 Å². The van der Waals surface area contributed by atoms with Crippen LogP contribution >= 0.6 is 0 Å². The Kier molecular flexibility index (Phi) is 2.37. The number of rotatable bonds is 0. The molecule has 0 aromatic rings. The maximum atomic E-state index is 6.12. The molecule has 0 aromatic carbocycles. The third-order valence-electron chi connectivity index (χ3n) is 3.66. The Labute approximate surface area is 75.1 Å². The number of likely N-dealkylation sites (tertiary alicyclic amines) is 1. The van der Waals surface area contributed by atoms with Gasteiger partial charge in [-0.1, -0.05) is 6.42 Å². The van der Waals surface area contributed by atoms with E-state index in [0.29, 0.717) is 6.04 Å². The minimum absolute atomic E-state index is 0.512. The molecular formula is C10H20N2. The summed E-state index contributed by atoms with van der Waals surface area (Å²) >= 11 is 0. The lowest BCUT2D eigenvalue weighted by Gasteiger charge is -2.43. The van der Waals surface area contributed by atoms with E-state index in [0.717, 1.165) is 11.8 Å². The first-order chi connectivity index (χ1) is 5.77. The summed E-state index contributed by atoms with van der Waals surface area (Å²) in [4.78, 5) is 2.46. The number of hydrogen-bond acceptors (Lipinski definition) is 2. The second-order valence-electron chi connectivity index (χ2n) is 4.57. The van der Waals surface area contributed by atoms with Gasteiger partial charge in [0, 0.05) is 12.6 Å². The Morgan fingerprint density at radius 3 is 2.92 bits per heavy atom. The minimum Gasteiger partial charge on any atom is -0.327 e. The van der Waals surface area contributed by atoms with E-state index < -0.39 is 0 Å². The fourth-order valence-corrected chi connectivity index (χ4v) is 2.93. The fourth-order valence-electron chi connectivity index (χ4n) is 2.93. The third-order valence-corrected chi connectivity index (χ3v) is 3.66. The molecule has 1 aliphatic carbocycles. The van der Waals surface area contributed by atoms with Crippen molar-refractivity contribution >= 4 is 0 Å². The van der Waals surface area contributed by atoms with Crippen LogP contribution in [0.3, 0.4) is 0 Å². The molecule has 0 aromatic heterocycles. The molecule has 0 radical (unpaired) electrons. The van der Waals surface area contributed by atoms with Gasteiger partial charge in [0.2, 0.25) is 0 Å². The van der Waals surface area contributed by atoms with E-state index in [1.165, 1.54) is 38.8 Å². The van der Waals surface area contributed by atoms with Crippen molar-refractivity contribution in [2.24, 2.45) is 17.6 Å². The van der Waals surface area contributed by atoms with Crippen LogP contribution < -0.4 is 5.73 Å². The van der Waals surface area contributed by atoms with Gasteiger partial charge in [-0.25, -0.2) is 0 Å². The molecule has 1 aliphatic heterocycles. The number of piperidine rings is 1. The number of nitrogens with two attached hydrogens (primary N) is 1. The van der Waals surface area contributed by atoms with E-state index >= 15 is 0 Å². The van der Waals surface area contributed by atoms with Gasteiger partial charge in [-0.05, 0) is 44.7 Å². The molecule has 1 saturated heterocycles. The standard InChI is InChI=1S/C10H20N2/c1-12-6-5-9-8(7-12)3-2-4-10(9)11/h8-10H,2-7,11H2,1H3/t8-,9-,10+/m1/s1. The van der Waals surface area contributed by atoms with Gasteiger partial charge < -0.3 is 10.6 Å². The van der Waals surface area contributed by atoms with Gasteiger partial charge in [-0.2, -0.15) is 0 Å². The molecule has 2 nitrogen and oxygen atoms in total. The Morgan fingerprint density at radius 1 is 1.25 bits per heavy atom. The largest absolute Gasteiger partial charge is 0.327 e. The average Bonchev–Trinajstić information content (AvgIpc) is 2.04. The first kappa shape index (κ1) is 8.52. The summed E-state index contributed by atoms with van der Waals surface area (Å²) in [5.74, 6) is 1.75. The monoisotopic (exact) mass is 168 g/mol. The van der Waals surface area contributed by atoms with Crippen molar-refractivity contribution in [2.75, 3.05) is 20.1 Å². The van der Waals surface area contributed by atoms with Crippen LogP contribution in [0.5, 0.6) is 0 Å². The van der Waals surface area contributed by atoms with Crippen LogP contribution in [0.1, 0.15) is 25.7 Å². The summed E-state index contributed by atoms with van der Waals surface area (Å²) in [6, 6.07) is 0.512. The third kappa shape index (κ3) is 1.50. The van der Waals surface area contributed by atoms with Crippen molar-refractivity contribution in [3.8, 4) is 0 Å². The zero-order valence-electron chi connectivity index (χ0n) is 8.00. The lowest BCUT2D eigenvalue weighted by molar-refractivity contribution is 0.0895. The summed E-state index contributed by atoms with van der Waals surface area (Å²) in [5.41, 5.74) is 6.12. The summed E-state index contributed by atoms with van der Waals surface area (Å²) in [5, 5.41) is 0. The molecule has 12 heavy (non-hydrogen) atoms. The van der Waals surface area contributed by atoms with Crippen LogP contribution in [0.25, 0.3) is 0 Å². The van der Waals surface area contributed by atoms with E-state index in [1.807, 2.05) is 0 Å². The van der Waals surface area contributed by atoms with Gasteiger partial charge in [0.15, 0.2) is 0 Å². The van der Waals surface area contributed by atoms with E-state index in [2.05, 4.69) is 11.9 Å². The van der Waals surface area contributed by atoms with Crippen LogP contribution in [0.2, 0.25) is 0 Å². The fraction of sp³-hybridized carbons (Fsp3) is 1.00. The predicted octanol–water partition coefficient (Wildman–Crippen LogP) is 1.07. The Morgan fingerprint density at radius 2 is 2.08 bits per heavy atom. The molecule has 1 heterocycles. The van der Waals surface area contributed by atoms with Crippen molar-refractivity contribution in [3.63, 3.8) is 0 Å². The van der Waals surface area contributed by atoms with E-state index in [-0.39, 0.29) is 0 Å². The van der Waals surface area contributed by atoms with Crippen LogP contribution in [0.15, 0.2) is 0 Å². The van der Waals surface area contributed by atoms with Crippen molar-refractivity contribution < 1.29 is 0 Å². The molecule has 2 N–H and O–H groups in total. The molecule has 0 amide bonds. The van der Waals surface area contributed by atoms with Gasteiger partial charge in [0.1, 0.15) is 0 Å². The van der Waals surface area contributed by atoms with Crippen molar-refractivity contribution in [3.05, 3.63) is 0 Å². The summed E-state index contributed by atoms with van der Waals surface area (Å²) in [6.07, 6.45) is 5.38. The quantitative estimate of drug-likeness (QED) is 0.586. The number of hydrogen-bond donors (Lipinski definition) is 1. The second-order valence-corrected chi connectivity index (χ2v) is 4.57. The van der Waals surface area contributed by atoms with E-state index in [1.54, 1.807) is 0 Å². The smallest absolute Gasteiger partial charge is 0.00707 e. The molecule has 2 aliphatic rings. The lowest BCUT2D eigenvalue weighted by atomic mass is 9.72. The molecule has 0 bridgehead atoms. The molecule has 2 fully saturated rings. The molecule has 2 rings (SSSR count). The highest BCUT2D eigenvalue weighted by Gasteiger charge is 2.34. The SMILES string of the molecule is CN1CC[C@@H]2[C@H](CCC[C@@H]2N)C1. The maximum Gasteiger partial charge on any atom is 0.00707 e. The van der Waals surface area contributed by atoms with Crippen molar-refractivity contribution in [2.45, 2.75) is 31.7 Å². The van der Waals surface area contributed by atoms with Gasteiger partial charge in [-0.3, -0.25) is 0 Å². The van der Waals surface area contributed by atoms with Crippen LogP contribution in [0.4, 0.5) is 0 Å². The Bertz CT molecular complexity index is 158. The lowest BCUT2D eigenvalue weighted by Crippen LogP contribution is -2.48. The maximum absolute atomic E-state index is 6.12. The van der Waals surface area contributed by atoms with Crippen LogP contribution in [-0.2, 0) is 0 Å². The topological polar surface area (TPSA) is 29.3 Å². The van der Waals surface area contributed by atoms with Crippen molar-refractivity contribution in [1.29, 1.82) is 0 Å². The highest BCUT2D eigenvalue weighted by atomic mass is 15.1. The minimum atomic E-state index is 0.512. The molecule has 70 valence electrons. The Balaban J connectivity index is 1.99. The van der Waals surface area contributed by atoms with E-state index in [4.69, 9.17) is 5.73 Å². The summed E-state index contributed by atoms with van der Waals surface area (Å²) < 4.78 is 0. The van der Waals surface area contributed by atoms with Crippen LogP contribution in [0, 0.1) is 11.8 Å². The highest BCUT2D eigenvalue weighted by Crippen LogP contribution is 2.34. The average molecular weight is 168 g/mol. The molecular weight excluding hydrogens is 148 g/mol. The first-order valence-electron chi connectivity index (χ1n) is 5.21. The second kappa shape index (κ2) is 3.35. The zero-order valence-corrected chi connectivity index (χ0v) is 8.00. The molecule has 0 unspecified atom stereocenters. The zero-order chi connectivity index (χ0) is 8.55. The molecule has 3 atom stereocenters. The number of fused-ring (bicyclic) bond motifs is 1. The van der Waals surface area contributed by atoms with Crippen molar-refractivity contribution in [1.82, 2.24) is 4.90 Å². The molecule has 2 heteroatoms.